The first-order valence-electron chi connectivity index (χ1n) is 10.6. The second-order valence-corrected chi connectivity index (χ2v) is 7.58. The lowest BCUT2D eigenvalue weighted by atomic mass is 10.1. The first-order valence-corrected chi connectivity index (χ1v) is 10.6. The minimum atomic E-state index is -5.00. The van der Waals surface area contributed by atoms with Gasteiger partial charge < -0.3 is 19.0 Å². The normalized spacial score (nSPS) is 11.8. The number of hydrogen-bond donors (Lipinski definition) is 1. The van der Waals surface area contributed by atoms with Gasteiger partial charge in [-0.05, 0) is 50.2 Å². The van der Waals surface area contributed by atoms with Crippen LogP contribution in [0, 0.1) is 0 Å². The van der Waals surface area contributed by atoms with Crippen LogP contribution in [0.15, 0.2) is 45.6 Å². The predicted octanol–water partition coefficient (Wildman–Crippen LogP) is 5.94. The maximum absolute atomic E-state index is 13.9. The Morgan fingerprint density at radius 1 is 1.06 bits per heavy atom. The zero-order valence-corrected chi connectivity index (χ0v) is 18.7. The fraction of sp³-hybridized carbons (Fsp3) is 0.375. The topological polar surface area (TPSA) is 72.1 Å². The fourth-order valence-corrected chi connectivity index (χ4v) is 3.63. The first-order chi connectivity index (χ1) is 15.7. The summed E-state index contributed by atoms with van der Waals surface area (Å²) >= 11 is 0. The second kappa shape index (κ2) is 10.2. The molecule has 0 spiro atoms. The molecule has 9 heteroatoms. The van der Waals surface area contributed by atoms with E-state index in [-0.39, 0.29) is 34.6 Å². The summed E-state index contributed by atoms with van der Waals surface area (Å²) in [6, 6.07) is 8.40. The van der Waals surface area contributed by atoms with Crippen LogP contribution in [0.5, 0.6) is 23.0 Å². The van der Waals surface area contributed by atoms with Gasteiger partial charge in [-0.25, -0.2) is 0 Å². The van der Waals surface area contributed by atoms with Gasteiger partial charge in [0, 0.05) is 12.6 Å². The Labute approximate surface area is 189 Å². The largest absolute Gasteiger partial charge is 0.507 e. The highest BCUT2D eigenvalue weighted by Crippen LogP contribution is 2.40. The maximum atomic E-state index is 13.9. The molecule has 0 amide bonds. The SMILES string of the molecule is CCCN(CCC)Cc1c(O)ccc2c(=O)c(Oc3cccc(OC)c3)c(C(F)(F)F)oc12. The average molecular weight is 465 g/mol. The molecule has 0 fully saturated rings. The van der Waals surface area contributed by atoms with Gasteiger partial charge in [-0.3, -0.25) is 9.69 Å². The Balaban J connectivity index is 2.20. The summed E-state index contributed by atoms with van der Waals surface area (Å²) in [5, 5.41) is 10.3. The minimum absolute atomic E-state index is 0.0115. The van der Waals surface area contributed by atoms with E-state index in [0.29, 0.717) is 18.8 Å². The van der Waals surface area contributed by atoms with Gasteiger partial charge in [0.05, 0.1) is 18.1 Å². The van der Waals surface area contributed by atoms with Crippen LogP contribution in [0.4, 0.5) is 13.2 Å². The number of ether oxygens (including phenoxy) is 2. The molecule has 3 rings (SSSR count). The second-order valence-electron chi connectivity index (χ2n) is 7.58. The number of phenols is 1. The summed E-state index contributed by atoms with van der Waals surface area (Å²) < 4.78 is 57.5. The summed E-state index contributed by atoms with van der Waals surface area (Å²) in [5.74, 6) is -2.43. The molecular formula is C24H26F3NO5. The van der Waals surface area contributed by atoms with Gasteiger partial charge in [0.2, 0.25) is 11.2 Å². The zero-order chi connectivity index (χ0) is 24.2. The van der Waals surface area contributed by atoms with E-state index < -0.39 is 23.1 Å². The molecule has 3 aromatic rings. The van der Waals surface area contributed by atoms with Gasteiger partial charge in [-0.15, -0.1) is 0 Å². The van der Waals surface area contributed by atoms with E-state index in [9.17, 15) is 23.1 Å². The standard InChI is InChI=1S/C24H26F3NO5/c1-4-11-28(12-5-2)14-18-19(29)10-9-17-20(30)22(23(24(25,26)27)33-21(17)18)32-16-8-6-7-15(13-16)31-3/h6-10,13,29H,4-5,11-12,14H2,1-3H3. The van der Waals surface area contributed by atoms with E-state index in [2.05, 4.69) is 0 Å². The molecule has 0 aliphatic rings. The number of fused-ring (bicyclic) bond motifs is 1. The van der Waals surface area contributed by atoms with Crippen LogP contribution in [0.2, 0.25) is 0 Å². The van der Waals surface area contributed by atoms with Crippen LogP contribution in [-0.4, -0.2) is 30.2 Å². The highest BCUT2D eigenvalue weighted by Gasteiger charge is 2.41. The number of benzene rings is 2. The number of rotatable bonds is 9. The van der Waals surface area contributed by atoms with E-state index >= 15 is 0 Å². The summed E-state index contributed by atoms with van der Waals surface area (Å²) in [6.07, 6.45) is -3.36. The van der Waals surface area contributed by atoms with E-state index in [4.69, 9.17) is 13.9 Å². The lowest BCUT2D eigenvalue weighted by Gasteiger charge is -2.22. The summed E-state index contributed by atoms with van der Waals surface area (Å²) in [5.41, 5.74) is -1.15. The smallest absolute Gasteiger partial charge is 0.453 e. The Kier molecular flexibility index (Phi) is 7.53. The van der Waals surface area contributed by atoms with Crippen molar-refractivity contribution in [3.63, 3.8) is 0 Å². The molecule has 0 aliphatic heterocycles. The van der Waals surface area contributed by atoms with Crippen molar-refractivity contribution in [3.05, 3.63) is 57.9 Å². The van der Waals surface area contributed by atoms with Gasteiger partial charge in [0.15, 0.2) is 0 Å². The van der Waals surface area contributed by atoms with Crippen molar-refractivity contribution in [1.82, 2.24) is 4.90 Å². The van der Waals surface area contributed by atoms with Crippen LogP contribution >= 0.6 is 0 Å². The summed E-state index contributed by atoms with van der Waals surface area (Å²) in [7, 11) is 1.40. The molecule has 0 aliphatic carbocycles. The van der Waals surface area contributed by atoms with Crippen LogP contribution in [0.25, 0.3) is 11.0 Å². The van der Waals surface area contributed by atoms with Crippen molar-refractivity contribution in [2.24, 2.45) is 0 Å². The van der Waals surface area contributed by atoms with Crippen LogP contribution in [0.1, 0.15) is 38.0 Å². The van der Waals surface area contributed by atoms with Crippen molar-refractivity contribution < 1.29 is 32.2 Å². The Bertz CT molecular complexity index is 1170. The molecule has 0 unspecified atom stereocenters. The highest BCUT2D eigenvalue weighted by molar-refractivity contribution is 5.83. The molecule has 0 saturated carbocycles. The third-order valence-electron chi connectivity index (χ3n) is 5.08. The number of halogens is 3. The van der Waals surface area contributed by atoms with E-state index in [0.717, 1.165) is 12.8 Å². The van der Waals surface area contributed by atoms with Gasteiger partial charge in [-0.2, -0.15) is 13.2 Å². The average Bonchev–Trinajstić information content (AvgIpc) is 2.77. The lowest BCUT2D eigenvalue weighted by molar-refractivity contribution is -0.154. The van der Waals surface area contributed by atoms with Crippen molar-refractivity contribution in [3.8, 4) is 23.0 Å². The third kappa shape index (κ3) is 5.42. The number of alkyl halides is 3. The number of phenolic OH excluding ortho intramolecular Hbond substituents is 1. The van der Waals surface area contributed by atoms with Gasteiger partial charge in [0.25, 0.3) is 5.76 Å². The quantitative estimate of drug-likeness (QED) is 0.422. The Morgan fingerprint density at radius 3 is 2.33 bits per heavy atom. The van der Waals surface area contributed by atoms with Crippen molar-refractivity contribution in [2.75, 3.05) is 20.2 Å². The molecule has 178 valence electrons. The Hall–Kier alpha value is -3.20. The summed E-state index contributed by atoms with van der Waals surface area (Å²) in [4.78, 5) is 15.1. The monoisotopic (exact) mass is 465 g/mol. The molecule has 0 bridgehead atoms. The van der Waals surface area contributed by atoms with Crippen molar-refractivity contribution >= 4 is 11.0 Å². The van der Waals surface area contributed by atoms with Crippen molar-refractivity contribution in [1.29, 1.82) is 0 Å². The molecule has 0 radical (unpaired) electrons. The van der Waals surface area contributed by atoms with E-state index in [1.54, 1.807) is 6.07 Å². The van der Waals surface area contributed by atoms with Gasteiger partial charge in [-0.1, -0.05) is 19.9 Å². The van der Waals surface area contributed by atoms with Crippen LogP contribution in [-0.2, 0) is 12.7 Å². The van der Waals surface area contributed by atoms with Crippen LogP contribution in [0.3, 0.4) is 0 Å². The first kappa shape index (κ1) is 24.4. The molecule has 33 heavy (non-hydrogen) atoms. The van der Waals surface area contributed by atoms with Gasteiger partial charge >= 0.3 is 6.18 Å². The molecule has 0 saturated heterocycles. The van der Waals surface area contributed by atoms with E-state index in [1.807, 2.05) is 18.7 Å². The predicted molar refractivity (Wildman–Crippen MR) is 118 cm³/mol. The van der Waals surface area contributed by atoms with Crippen molar-refractivity contribution in [2.45, 2.75) is 39.4 Å². The molecule has 1 aromatic heterocycles. The van der Waals surface area contributed by atoms with Gasteiger partial charge in [0.1, 0.15) is 22.8 Å². The fourth-order valence-electron chi connectivity index (χ4n) is 3.63. The minimum Gasteiger partial charge on any atom is -0.507 e. The molecule has 6 nitrogen and oxygen atoms in total. The Morgan fingerprint density at radius 2 is 1.73 bits per heavy atom. The number of nitrogens with zero attached hydrogens (tertiary/aromatic N) is 1. The number of hydrogen-bond acceptors (Lipinski definition) is 6. The highest BCUT2D eigenvalue weighted by atomic mass is 19.4. The van der Waals surface area contributed by atoms with Crippen LogP contribution < -0.4 is 14.9 Å². The molecular weight excluding hydrogens is 439 g/mol. The van der Waals surface area contributed by atoms with E-state index in [1.165, 1.54) is 37.4 Å². The number of methoxy groups -OCH3 is 1. The lowest BCUT2D eigenvalue weighted by Crippen LogP contribution is -2.25. The summed E-state index contributed by atoms with van der Waals surface area (Å²) in [6.45, 7) is 5.46. The molecule has 0 atom stereocenters. The molecule has 2 aromatic carbocycles. The molecule has 1 N–H and O–H groups in total. The zero-order valence-electron chi connectivity index (χ0n) is 18.7. The third-order valence-corrected chi connectivity index (χ3v) is 5.08. The maximum Gasteiger partial charge on any atom is 0.453 e. The number of aromatic hydroxyl groups is 1. The molecule has 1 heterocycles.